The second-order valence-electron chi connectivity index (χ2n) is 12.3. The summed E-state index contributed by atoms with van der Waals surface area (Å²) < 4.78 is 22.0. The number of aliphatic hydroxyl groups is 6. The van der Waals surface area contributed by atoms with E-state index in [2.05, 4.69) is 0 Å². The molecule has 248 valence electrons. The van der Waals surface area contributed by atoms with Gasteiger partial charge in [0.15, 0.2) is 18.5 Å². The van der Waals surface area contributed by atoms with Crippen molar-refractivity contribution in [2.45, 2.75) is 159 Å². The molecule has 2 heterocycles. The van der Waals surface area contributed by atoms with Crippen molar-refractivity contribution in [1.29, 1.82) is 0 Å². The number of rotatable bonds is 20. The molecule has 2 fully saturated rings. The lowest BCUT2D eigenvalue weighted by Gasteiger charge is -2.45. The second-order valence-corrected chi connectivity index (χ2v) is 12.3. The normalized spacial score (nSPS) is 31.2. The van der Waals surface area contributed by atoms with Gasteiger partial charge in [0.2, 0.25) is 0 Å². The van der Waals surface area contributed by atoms with Crippen molar-refractivity contribution in [2.24, 2.45) is 11.8 Å². The zero-order chi connectivity index (χ0) is 31.3. The Balaban J connectivity index is 2.00. The predicted octanol–water partition coefficient (Wildman–Crippen LogP) is 2.04. The third kappa shape index (κ3) is 11.9. The van der Waals surface area contributed by atoms with Gasteiger partial charge >= 0.3 is 11.9 Å². The number of aliphatic carboxylic acids is 1. The molecule has 7 N–H and O–H groups in total. The Morgan fingerprint density at radius 2 is 1.52 bits per heavy atom. The van der Waals surface area contributed by atoms with Crippen LogP contribution in [0.15, 0.2) is 0 Å². The summed E-state index contributed by atoms with van der Waals surface area (Å²) in [6.07, 6.45) is -0.0200. The number of hydrogen-bond acceptors (Lipinski definition) is 11. The highest BCUT2D eigenvalue weighted by Crippen LogP contribution is 2.33. The molecule has 42 heavy (non-hydrogen) atoms. The molecule has 11 atom stereocenters. The molecule has 0 spiro atoms. The molecule has 2 saturated heterocycles. The Morgan fingerprint density at radius 3 is 2.07 bits per heavy atom. The van der Waals surface area contributed by atoms with Crippen LogP contribution in [0.4, 0.5) is 0 Å². The van der Waals surface area contributed by atoms with Crippen molar-refractivity contribution in [3.63, 3.8) is 0 Å². The minimum Gasteiger partial charge on any atom is -0.479 e. The van der Waals surface area contributed by atoms with E-state index in [0.29, 0.717) is 19.4 Å². The summed E-state index contributed by atoms with van der Waals surface area (Å²) >= 11 is 0. The summed E-state index contributed by atoms with van der Waals surface area (Å²) in [4.78, 5) is 12.3. The van der Waals surface area contributed by atoms with Gasteiger partial charge in [0.1, 0.15) is 12.2 Å². The van der Waals surface area contributed by atoms with Gasteiger partial charge in [-0.3, -0.25) is 0 Å². The minimum absolute atomic E-state index is 0.206. The Morgan fingerprint density at radius 1 is 0.929 bits per heavy atom. The van der Waals surface area contributed by atoms with E-state index in [0.717, 1.165) is 70.6 Å². The van der Waals surface area contributed by atoms with E-state index in [4.69, 9.17) is 18.9 Å². The topological polar surface area (TPSA) is 196 Å². The van der Waals surface area contributed by atoms with Gasteiger partial charge in [-0.05, 0) is 44.9 Å². The zero-order valence-electron chi connectivity index (χ0n) is 25.6. The first-order chi connectivity index (χ1) is 19.9. The van der Waals surface area contributed by atoms with Crippen LogP contribution in [0.25, 0.3) is 0 Å². The molecule has 0 radical (unpaired) electrons. The molecular formula is C30H56O12. The lowest BCUT2D eigenvalue weighted by molar-refractivity contribution is -0.448. The zero-order valence-corrected chi connectivity index (χ0v) is 25.6. The Kier molecular flexibility index (Phi) is 16.7. The summed E-state index contributed by atoms with van der Waals surface area (Å²) in [5, 5.41) is 73.5. The summed E-state index contributed by atoms with van der Waals surface area (Å²) in [5.41, 5.74) is 0. The first kappa shape index (κ1) is 37.3. The van der Waals surface area contributed by atoms with E-state index in [9.17, 15) is 40.5 Å². The molecule has 12 heteroatoms. The molecule has 2 rings (SSSR count). The Labute approximate surface area is 249 Å². The van der Waals surface area contributed by atoms with Crippen LogP contribution in [-0.2, 0) is 23.7 Å². The first-order valence-corrected chi connectivity index (χ1v) is 15.8. The molecule has 0 bridgehead atoms. The lowest BCUT2D eigenvalue weighted by Crippen LogP contribution is -2.64. The maximum absolute atomic E-state index is 12.3. The summed E-state index contributed by atoms with van der Waals surface area (Å²) in [5.74, 6) is -5.37. The molecule has 0 aromatic rings. The molecular weight excluding hydrogens is 552 g/mol. The van der Waals surface area contributed by atoms with E-state index in [1.807, 2.05) is 0 Å². The SMILES string of the molecule is CC(O)CCCCCCCCCCC(C)C(O)C(O)C(OC1(O)OCC(C)C(O)C1O)C(OC1CCCCO1)C(=O)O. The number of hydrogen-bond donors (Lipinski definition) is 7. The number of aliphatic hydroxyl groups excluding tert-OH is 5. The number of unbranched alkanes of at least 4 members (excludes halogenated alkanes) is 7. The third-order valence-corrected chi connectivity index (χ3v) is 8.42. The van der Waals surface area contributed by atoms with Crippen molar-refractivity contribution in [2.75, 3.05) is 13.2 Å². The van der Waals surface area contributed by atoms with E-state index >= 15 is 0 Å². The highest BCUT2D eigenvalue weighted by molar-refractivity contribution is 5.73. The van der Waals surface area contributed by atoms with Crippen molar-refractivity contribution in [3.8, 4) is 0 Å². The highest BCUT2D eigenvalue weighted by Gasteiger charge is 2.54. The number of carbonyl (C=O) groups is 1. The number of ether oxygens (including phenoxy) is 4. The van der Waals surface area contributed by atoms with Gasteiger partial charge in [0, 0.05) is 12.5 Å². The fourth-order valence-electron chi connectivity index (χ4n) is 5.50. The van der Waals surface area contributed by atoms with E-state index < -0.39 is 66.7 Å². The fraction of sp³-hybridized carbons (Fsp3) is 0.967. The quantitative estimate of drug-likeness (QED) is 0.0786. The van der Waals surface area contributed by atoms with Crippen molar-refractivity contribution >= 4 is 5.97 Å². The van der Waals surface area contributed by atoms with E-state index in [1.165, 1.54) is 0 Å². The van der Waals surface area contributed by atoms with Crippen LogP contribution in [0, 0.1) is 11.8 Å². The van der Waals surface area contributed by atoms with Crippen LogP contribution in [0.5, 0.6) is 0 Å². The van der Waals surface area contributed by atoms with Crippen LogP contribution >= 0.6 is 0 Å². The van der Waals surface area contributed by atoms with Crippen molar-refractivity contribution in [1.82, 2.24) is 0 Å². The Bertz CT molecular complexity index is 748. The third-order valence-electron chi connectivity index (χ3n) is 8.42. The minimum atomic E-state index is -2.85. The summed E-state index contributed by atoms with van der Waals surface area (Å²) in [7, 11) is 0. The molecule has 0 saturated carbocycles. The van der Waals surface area contributed by atoms with Gasteiger partial charge in [0.25, 0.3) is 0 Å². The van der Waals surface area contributed by atoms with Gasteiger partial charge in [0.05, 0.1) is 24.9 Å². The monoisotopic (exact) mass is 608 g/mol. The smallest absolute Gasteiger partial charge is 0.335 e. The average Bonchev–Trinajstić information content (AvgIpc) is 2.96. The van der Waals surface area contributed by atoms with E-state index in [-0.39, 0.29) is 12.7 Å². The number of carboxylic acids is 1. The number of carboxylic acid groups (broad SMARTS) is 1. The molecule has 11 unspecified atom stereocenters. The molecule has 0 aromatic heterocycles. The summed E-state index contributed by atoms with van der Waals surface area (Å²) in [6.45, 7) is 5.29. The van der Waals surface area contributed by atoms with Gasteiger partial charge in [-0.1, -0.05) is 65.2 Å². The average molecular weight is 609 g/mol. The van der Waals surface area contributed by atoms with Crippen molar-refractivity contribution in [3.05, 3.63) is 0 Å². The first-order valence-electron chi connectivity index (χ1n) is 15.8. The molecule has 2 aliphatic heterocycles. The van der Waals surface area contributed by atoms with Crippen LogP contribution in [0.2, 0.25) is 0 Å². The van der Waals surface area contributed by atoms with Gasteiger partial charge < -0.3 is 54.7 Å². The molecule has 0 aromatic carbocycles. The van der Waals surface area contributed by atoms with Crippen molar-refractivity contribution < 1.29 is 59.5 Å². The standard InChI is InChI=1S/C30H56O12/c1-19(14-10-8-6-4-5-7-9-11-15-21(3)31)23(32)25(34)26(27(29(36)37)41-22-16-12-13-17-39-22)42-30(38)28(35)24(33)20(2)18-40-30/h19-28,31-35,38H,4-18H2,1-3H3,(H,36,37). The summed E-state index contributed by atoms with van der Waals surface area (Å²) in [6, 6.07) is 0. The lowest BCUT2D eigenvalue weighted by atomic mass is 9.89. The van der Waals surface area contributed by atoms with Crippen LogP contribution < -0.4 is 0 Å². The van der Waals surface area contributed by atoms with Gasteiger partial charge in [-0.15, -0.1) is 0 Å². The van der Waals surface area contributed by atoms with Gasteiger partial charge in [-0.2, -0.15) is 0 Å². The van der Waals surface area contributed by atoms with Crippen LogP contribution in [0.3, 0.4) is 0 Å². The second kappa shape index (κ2) is 18.8. The molecule has 0 aliphatic carbocycles. The maximum atomic E-state index is 12.3. The largest absolute Gasteiger partial charge is 0.479 e. The maximum Gasteiger partial charge on any atom is 0.335 e. The van der Waals surface area contributed by atoms with Gasteiger partial charge in [-0.25, -0.2) is 4.79 Å². The molecule has 0 amide bonds. The molecule has 12 nitrogen and oxygen atoms in total. The van der Waals surface area contributed by atoms with Crippen LogP contribution in [0.1, 0.15) is 104 Å². The fourth-order valence-corrected chi connectivity index (χ4v) is 5.50. The Hall–Kier alpha value is -0.930. The van der Waals surface area contributed by atoms with Crippen LogP contribution in [-0.4, -0.2) is 110 Å². The highest BCUT2D eigenvalue weighted by atomic mass is 16.8. The molecule has 2 aliphatic rings. The van der Waals surface area contributed by atoms with E-state index in [1.54, 1.807) is 20.8 Å². The predicted molar refractivity (Wildman–Crippen MR) is 152 cm³/mol.